The van der Waals surface area contributed by atoms with Gasteiger partial charge in [0.2, 0.25) is 5.13 Å². The van der Waals surface area contributed by atoms with Crippen LogP contribution in [0.5, 0.6) is 5.75 Å². The van der Waals surface area contributed by atoms with Crippen molar-refractivity contribution in [2.75, 3.05) is 12.8 Å². The minimum Gasteiger partial charge on any atom is -0.497 e. The zero-order valence-corrected chi connectivity index (χ0v) is 13.0. The lowest BCUT2D eigenvalue weighted by Gasteiger charge is -2.05. The van der Waals surface area contributed by atoms with Gasteiger partial charge in [-0.1, -0.05) is 11.3 Å². The van der Waals surface area contributed by atoms with Crippen LogP contribution in [-0.4, -0.2) is 27.8 Å². The number of nitrogens with one attached hydrogen (secondary N) is 1. The fourth-order valence-electron chi connectivity index (χ4n) is 2.24. The number of aryl methyl sites for hydroxylation is 1. The monoisotopic (exact) mass is 317 g/mol. The van der Waals surface area contributed by atoms with Crippen molar-refractivity contribution in [1.29, 1.82) is 0 Å². The Balaban J connectivity index is 1.82. The van der Waals surface area contributed by atoms with Gasteiger partial charge in [-0.2, -0.15) is 0 Å². The Morgan fingerprint density at radius 1 is 1.41 bits per heavy atom. The van der Waals surface area contributed by atoms with Gasteiger partial charge in [-0.15, -0.1) is 10.2 Å². The van der Waals surface area contributed by atoms with Crippen molar-refractivity contribution >= 4 is 33.3 Å². The van der Waals surface area contributed by atoms with E-state index in [0.717, 1.165) is 16.7 Å². The van der Waals surface area contributed by atoms with Crippen LogP contribution in [-0.2, 0) is 13.6 Å². The molecular formula is C14H15N5O2S. The number of hydrogen-bond donors (Lipinski definition) is 2. The predicted octanol–water partition coefficient (Wildman–Crippen LogP) is 1.55. The summed E-state index contributed by atoms with van der Waals surface area (Å²) in [5, 5.41) is 12.5. The highest BCUT2D eigenvalue weighted by Gasteiger charge is 2.14. The maximum Gasteiger partial charge on any atom is 0.268 e. The minimum absolute atomic E-state index is 0.175. The lowest BCUT2D eigenvalue weighted by atomic mass is 10.2. The van der Waals surface area contributed by atoms with E-state index in [-0.39, 0.29) is 5.91 Å². The number of fused-ring (bicyclic) bond motifs is 1. The van der Waals surface area contributed by atoms with E-state index >= 15 is 0 Å². The van der Waals surface area contributed by atoms with Gasteiger partial charge in [-0.3, -0.25) is 4.79 Å². The third kappa shape index (κ3) is 2.60. The summed E-state index contributed by atoms with van der Waals surface area (Å²) in [4.78, 5) is 12.3. The number of methoxy groups -OCH3 is 1. The number of carbonyl (C=O) groups excluding carboxylic acids is 1. The van der Waals surface area contributed by atoms with Crippen molar-refractivity contribution < 1.29 is 9.53 Å². The summed E-state index contributed by atoms with van der Waals surface area (Å²) in [7, 11) is 3.46. The summed E-state index contributed by atoms with van der Waals surface area (Å²) >= 11 is 1.26. The van der Waals surface area contributed by atoms with E-state index in [9.17, 15) is 4.79 Å². The van der Waals surface area contributed by atoms with Crippen LogP contribution in [0.2, 0.25) is 0 Å². The van der Waals surface area contributed by atoms with Crippen LogP contribution in [0.3, 0.4) is 0 Å². The number of ether oxygens (including phenoxy) is 1. The first-order chi connectivity index (χ1) is 10.6. The third-order valence-corrected chi connectivity index (χ3v) is 4.12. The number of nitrogens with zero attached hydrogens (tertiary/aromatic N) is 3. The molecule has 1 amide bonds. The van der Waals surface area contributed by atoms with Gasteiger partial charge in [0.1, 0.15) is 16.5 Å². The Kier molecular flexibility index (Phi) is 3.68. The lowest BCUT2D eigenvalue weighted by molar-refractivity contribution is 0.0943. The minimum atomic E-state index is -0.175. The molecule has 1 aromatic carbocycles. The quantitative estimate of drug-likeness (QED) is 0.761. The zero-order chi connectivity index (χ0) is 15.7. The van der Waals surface area contributed by atoms with Crippen LogP contribution < -0.4 is 15.8 Å². The molecule has 0 saturated carbocycles. The number of benzene rings is 1. The van der Waals surface area contributed by atoms with Crippen LogP contribution in [0, 0.1) is 0 Å². The van der Waals surface area contributed by atoms with E-state index in [1.807, 2.05) is 35.9 Å². The molecule has 114 valence electrons. The van der Waals surface area contributed by atoms with E-state index in [2.05, 4.69) is 15.5 Å². The number of aromatic nitrogens is 3. The molecule has 2 aromatic heterocycles. The van der Waals surface area contributed by atoms with Gasteiger partial charge in [-0.05, 0) is 18.2 Å². The maximum absolute atomic E-state index is 12.3. The smallest absolute Gasteiger partial charge is 0.268 e. The van der Waals surface area contributed by atoms with Gasteiger partial charge in [0, 0.05) is 18.5 Å². The molecule has 3 N–H and O–H groups in total. The van der Waals surface area contributed by atoms with Crippen molar-refractivity contribution in [2.24, 2.45) is 7.05 Å². The van der Waals surface area contributed by atoms with Crippen LogP contribution in [0.15, 0.2) is 24.3 Å². The number of nitrogens with two attached hydrogens (primary N) is 1. The number of anilines is 1. The molecule has 0 bridgehead atoms. The van der Waals surface area contributed by atoms with Crippen LogP contribution in [0.4, 0.5) is 5.13 Å². The predicted molar refractivity (Wildman–Crippen MR) is 85.0 cm³/mol. The topological polar surface area (TPSA) is 95.1 Å². The molecule has 22 heavy (non-hydrogen) atoms. The molecule has 0 saturated heterocycles. The van der Waals surface area contributed by atoms with Crippen molar-refractivity contribution in [3.63, 3.8) is 0 Å². The first kappa shape index (κ1) is 14.3. The van der Waals surface area contributed by atoms with Crippen LogP contribution in [0.1, 0.15) is 15.5 Å². The molecule has 0 fully saturated rings. The first-order valence-corrected chi connectivity index (χ1v) is 7.39. The summed E-state index contributed by atoms with van der Waals surface area (Å²) in [6, 6.07) is 7.54. The molecule has 0 atom stereocenters. The molecule has 3 aromatic rings. The van der Waals surface area contributed by atoms with Gasteiger partial charge >= 0.3 is 0 Å². The van der Waals surface area contributed by atoms with Gasteiger partial charge in [0.05, 0.1) is 19.2 Å². The molecule has 8 heteroatoms. The Hall–Kier alpha value is -2.61. The summed E-state index contributed by atoms with van der Waals surface area (Å²) in [6.45, 7) is 0.304. The van der Waals surface area contributed by atoms with E-state index < -0.39 is 0 Å². The molecule has 0 spiro atoms. The first-order valence-electron chi connectivity index (χ1n) is 6.58. The van der Waals surface area contributed by atoms with Gasteiger partial charge in [0.15, 0.2) is 0 Å². The average molecular weight is 317 g/mol. The van der Waals surface area contributed by atoms with Crippen molar-refractivity contribution in [3.8, 4) is 5.75 Å². The fraction of sp³-hybridized carbons (Fsp3) is 0.214. The summed E-state index contributed by atoms with van der Waals surface area (Å²) in [5.41, 5.74) is 7.02. The lowest BCUT2D eigenvalue weighted by Crippen LogP contribution is -2.24. The number of carbonyl (C=O) groups is 1. The molecule has 2 heterocycles. The second-order valence-corrected chi connectivity index (χ2v) is 5.82. The molecule has 0 unspecified atom stereocenters. The van der Waals surface area contributed by atoms with E-state index in [1.54, 1.807) is 7.11 Å². The second-order valence-electron chi connectivity index (χ2n) is 4.73. The van der Waals surface area contributed by atoms with Crippen LogP contribution in [0.25, 0.3) is 10.9 Å². The average Bonchev–Trinajstić information content (AvgIpc) is 3.08. The molecule has 0 aliphatic carbocycles. The highest BCUT2D eigenvalue weighted by Crippen LogP contribution is 2.23. The molecule has 0 radical (unpaired) electrons. The standard InChI is InChI=1S/C14H15N5O2S/c1-19-10-6-9(21-2)4-3-8(10)5-11(19)13(20)16-7-12-17-18-14(15)22-12/h3-6H,7H2,1-2H3,(H2,15,18)(H,16,20). The summed E-state index contributed by atoms with van der Waals surface area (Å²) in [6.07, 6.45) is 0. The van der Waals surface area contributed by atoms with E-state index in [4.69, 9.17) is 10.5 Å². The molecule has 7 nitrogen and oxygen atoms in total. The molecule has 0 aliphatic heterocycles. The Bertz CT molecular complexity index is 839. The zero-order valence-electron chi connectivity index (χ0n) is 12.2. The number of amides is 1. The molecular weight excluding hydrogens is 302 g/mol. The summed E-state index contributed by atoms with van der Waals surface area (Å²) < 4.78 is 7.05. The van der Waals surface area contributed by atoms with Gasteiger partial charge in [0.25, 0.3) is 5.91 Å². The van der Waals surface area contributed by atoms with Gasteiger partial charge in [-0.25, -0.2) is 0 Å². The molecule has 3 rings (SSSR count). The molecule has 0 aliphatic rings. The fourth-order valence-corrected chi connectivity index (χ4v) is 2.79. The van der Waals surface area contributed by atoms with Crippen molar-refractivity contribution in [3.05, 3.63) is 35.0 Å². The van der Waals surface area contributed by atoms with Crippen molar-refractivity contribution in [2.45, 2.75) is 6.54 Å². The SMILES string of the molecule is COc1ccc2cc(C(=O)NCc3nnc(N)s3)n(C)c2c1. The number of nitrogen functional groups attached to an aromatic ring is 1. The number of rotatable bonds is 4. The second kappa shape index (κ2) is 5.64. The highest BCUT2D eigenvalue weighted by molar-refractivity contribution is 7.15. The van der Waals surface area contributed by atoms with Crippen LogP contribution >= 0.6 is 11.3 Å². The van der Waals surface area contributed by atoms with E-state index in [1.165, 1.54) is 11.3 Å². The third-order valence-electron chi connectivity index (χ3n) is 3.37. The largest absolute Gasteiger partial charge is 0.497 e. The van der Waals surface area contributed by atoms with Gasteiger partial charge < -0.3 is 20.4 Å². The maximum atomic E-state index is 12.3. The highest BCUT2D eigenvalue weighted by atomic mass is 32.1. The Morgan fingerprint density at radius 3 is 2.91 bits per heavy atom. The Labute approximate surface area is 130 Å². The normalized spacial score (nSPS) is 10.8. The van der Waals surface area contributed by atoms with Crippen molar-refractivity contribution in [1.82, 2.24) is 20.1 Å². The Morgan fingerprint density at radius 2 is 2.23 bits per heavy atom. The number of hydrogen-bond acceptors (Lipinski definition) is 6. The van der Waals surface area contributed by atoms with E-state index in [0.29, 0.717) is 22.4 Å². The summed E-state index contributed by atoms with van der Waals surface area (Å²) in [5.74, 6) is 0.580.